The van der Waals surface area contributed by atoms with Crippen LogP contribution in [0.5, 0.6) is 0 Å². The van der Waals surface area contributed by atoms with Crippen molar-refractivity contribution in [2.24, 2.45) is 0 Å². The van der Waals surface area contributed by atoms with Gasteiger partial charge in [0.25, 0.3) is 0 Å². The summed E-state index contributed by atoms with van der Waals surface area (Å²) in [4.78, 5) is 0. The van der Waals surface area contributed by atoms with E-state index >= 15 is 0 Å². The van der Waals surface area contributed by atoms with Gasteiger partial charge in [0, 0.05) is 0 Å². The Labute approximate surface area is 496 Å². The fraction of sp³-hybridized carbons (Fsp3) is 0.167. The summed E-state index contributed by atoms with van der Waals surface area (Å²) in [6, 6.07) is 74.2. The summed E-state index contributed by atoms with van der Waals surface area (Å²) in [6.45, 7) is 12.9. The van der Waals surface area contributed by atoms with E-state index in [9.17, 15) is 0 Å². The third-order valence-electron chi connectivity index (χ3n) is 13.3. The van der Waals surface area contributed by atoms with Crippen molar-refractivity contribution in [1.82, 2.24) is 0 Å². The van der Waals surface area contributed by atoms with E-state index in [2.05, 4.69) is 284 Å². The number of benzene rings is 8. The number of fused-ring (bicyclic) bond motifs is 6. The van der Waals surface area contributed by atoms with Crippen LogP contribution in [0, 0.1) is 12.2 Å². The van der Waals surface area contributed by atoms with Gasteiger partial charge in [-0.15, -0.1) is 92.3 Å². The van der Waals surface area contributed by atoms with Gasteiger partial charge in [-0.3, -0.25) is 12.2 Å². The fourth-order valence-electron chi connectivity index (χ4n) is 8.90. The van der Waals surface area contributed by atoms with Gasteiger partial charge in [0.2, 0.25) is 0 Å². The van der Waals surface area contributed by atoms with Crippen molar-refractivity contribution in [3.8, 4) is 0 Å². The first-order valence-electron chi connectivity index (χ1n) is 26.3. The normalized spacial score (nSPS) is 11.7. The van der Waals surface area contributed by atoms with E-state index in [4.69, 9.17) is 0 Å². The molecule has 0 N–H and O–H groups in total. The summed E-state index contributed by atoms with van der Waals surface area (Å²) in [5.74, 6) is 0. The topological polar surface area (TPSA) is 0 Å². The molecule has 76 heavy (non-hydrogen) atoms. The Balaban J connectivity index is 0.000000173. The van der Waals surface area contributed by atoms with Crippen LogP contribution in [-0.4, -0.2) is 6.41 Å². The Kier molecular flexibility index (Phi) is 26.1. The first-order valence-corrected chi connectivity index (χ1v) is 28.7. The fourth-order valence-corrected chi connectivity index (χ4v) is 10.5. The molecule has 0 aromatic heterocycles. The summed E-state index contributed by atoms with van der Waals surface area (Å²) in [6.07, 6.45) is 21.1. The standard InChI is InChI=1S/2C17H17.2C13H10.2C6H7.2ClH.2Zr/c2*1-3-12-5-7-16-14(9-12)11-15-10-13(4-2)6-8-17(15)16;2*1-3-7-12(8-4-1)11-13-9-5-2-6-10-13;2*1-6-4-2-3-5-6;;;;/h2*5-11H,3-4H2,1-2H3;2*1-10H;2*2,4H,3H2,1H3;2*1H;;/q2*-1;;;2*-1;;;2*+2/p-2. The molecule has 0 saturated heterocycles. The number of hydrogen-bond acceptors (Lipinski definition) is 0. The van der Waals surface area contributed by atoms with Crippen molar-refractivity contribution in [2.45, 2.75) is 80.1 Å². The van der Waals surface area contributed by atoms with Gasteiger partial charge in [0.05, 0.1) is 0 Å². The molecule has 0 spiro atoms. The van der Waals surface area contributed by atoms with E-state index in [0.29, 0.717) is 0 Å². The molecule has 0 atom stereocenters. The molecule has 2 aliphatic rings. The average molecular weight is 1190 g/mol. The Hall–Kier alpha value is -5.45. The van der Waals surface area contributed by atoms with Crippen molar-refractivity contribution in [3.05, 3.63) is 298 Å². The van der Waals surface area contributed by atoms with E-state index in [1.807, 2.05) is 0 Å². The van der Waals surface area contributed by atoms with E-state index in [0.717, 1.165) is 38.5 Å². The molecule has 0 radical (unpaired) electrons. The van der Waals surface area contributed by atoms with Crippen LogP contribution >= 0.6 is 0 Å². The second-order valence-corrected chi connectivity index (χ2v) is 21.0. The Morgan fingerprint density at radius 1 is 0.368 bits per heavy atom. The van der Waals surface area contributed by atoms with Gasteiger partial charge in [0.1, 0.15) is 0 Å². The van der Waals surface area contributed by atoms with Crippen molar-refractivity contribution in [3.63, 3.8) is 0 Å². The zero-order valence-corrected chi connectivity index (χ0v) is 51.4. The van der Waals surface area contributed by atoms with E-state index in [1.54, 1.807) is 0 Å². The minimum absolute atomic E-state index is 0. The molecule has 0 nitrogen and oxygen atoms in total. The molecule has 2 aliphatic carbocycles. The van der Waals surface area contributed by atoms with Gasteiger partial charge < -0.3 is 24.8 Å². The zero-order valence-electron chi connectivity index (χ0n) is 44.9. The maximum absolute atomic E-state index is 3.12. The monoisotopic (exact) mass is 1180 g/mol. The molecule has 0 aliphatic heterocycles. The van der Waals surface area contributed by atoms with Crippen LogP contribution in [0.2, 0.25) is 0 Å². The Morgan fingerprint density at radius 3 is 0.776 bits per heavy atom. The number of allylic oxidation sites excluding steroid dienone is 8. The SMILES string of the molecule is CC1=[C-]CC=C1.CC1=[C-]CC=C1.CCc1ccc2c(c1)[cH-]c1cc(CC)ccc12.CCc1ccc2c(c1)[cH-]c1cc(CC)ccc12.[Cl-].[Cl-].[Zr+2]=[C](c1ccccc1)c1ccccc1.[Zr+2]=[C](c1ccccc1)c1ccccc1. The van der Waals surface area contributed by atoms with E-state index in [1.165, 1.54) is 154 Å². The Morgan fingerprint density at radius 2 is 0.605 bits per heavy atom. The number of aryl methyl sites for hydroxylation is 4. The van der Waals surface area contributed by atoms with Crippen molar-refractivity contribution < 1.29 is 73.3 Å². The summed E-state index contributed by atoms with van der Waals surface area (Å²) in [5, 5.41) is 11.1. The third kappa shape index (κ3) is 17.8. The third-order valence-corrected chi connectivity index (χ3v) is 16.1. The minimum atomic E-state index is 0. The zero-order chi connectivity index (χ0) is 52.1. The van der Waals surface area contributed by atoms with Gasteiger partial charge in [-0.1, -0.05) is 112 Å². The average Bonchev–Trinajstić information content (AvgIpc) is 4.31. The number of rotatable bonds is 8. The molecule has 0 bridgehead atoms. The predicted octanol–water partition coefficient (Wildman–Crippen LogP) is 12.7. The van der Waals surface area contributed by atoms with E-state index in [-0.39, 0.29) is 24.8 Å². The van der Waals surface area contributed by atoms with Gasteiger partial charge in [0.15, 0.2) is 0 Å². The summed E-state index contributed by atoms with van der Waals surface area (Å²) >= 11 is 2.92. The maximum atomic E-state index is 3.12. The summed E-state index contributed by atoms with van der Waals surface area (Å²) in [7, 11) is 0. The van der Waals surface area contributed by atoms with Crippen molar-refractivity contribution in [2.75, 3.05) is 0 Å². The molecular formula is C72H68Cl2Zr2-2. The second-order valence-electron chi connectivity index (χ2n) is 18.5. The first-order chi connectivity index (χ1) is 36.2. The number of hydrogen-bond donors (Lipinski definition) is 0. The van der Waals surface area contributed by atoms with Crippen LogP contribution < -0.4 is 24.8 Å². The van der Waals surface area contributed by atoms with Crippen LogP contribution in [0.1, 0.15) is 98.9 Å². The van der Waals surface area contributed by atoms with Gasteiger partial charge in [-0.2, -0.15) is 12.2 Å². The van der Waals surface area contributed by atoms with Crippen LogP contribution in [0.15, 0.2) is 242 Å². The molecular weight excluding hydrogens is 1120 g/mol. The quantitative estimate of drug-likeness (QED) is 0.133. The summed E-state index contributed by atoms with van der Waals surface area (Å²) < 4.78 is 2.83. The molecule has 380 valence electrons. The molecule has 0 saturated carbocycles. The van der Waals surface area contributed by atoms with Crippen molar-refractivity contribution in [1.29, 1.82) is 0 Å². The second kappa shape index (κ2) is 32.3. The van der Waals surface area contributed by atoms with Crippen LogP contribution in [0.4, 0.5) is 0 Å². The molecule has 4 heteroatoms. The molecule has 0 amide bonds. The number of halogens is 2. The van der Waals surface area contributed by atoms with E-state index < -0.39 is 0 Å². The molecule has 0 unspecified atom stereocenters. The van der Waals surface area contributed by atoms with Crippen LogP contribution in [-0.2, 0) is 74.2 Å². The molecule has 10 aromatic carbocycles. The van der Waals surface area contributed by atoms with Crippen LogP contribution in [0.3, 0.4) is 0 Å². The van der Waals surface area contributed by atoms with Crippen LogP contribution in [0.25, 0.3) is 43.1 Å². The molecule has 12 rings (SSSR count). The van der Waals surface area contributed by atoms with Gasteiger partial charge in [-0.25, -0.2) is 23.3 Å². The van der Waals surface area contributed by atoms with Crippen molar-refractivity contribution >= 4 is 49.5 Å². The Bertz CT molecular complexity index is 3080. The van der Waals surface area contributed by atoms with Gasteiger partial charge >= 0.3 is 198 Å². The molecule has 0 heterocycles. The molecule has 10 aromatic rings. The van der Waals surface area contributed by atoms with Gasteiger partial charge in [-0.05, 0) is 25.7 Å². The molecule has 0 fully saturated rings. The summed E-state index contributed by atoms with van der Waals surface area (Å²) in [5.41, 5.74) is 13.5. The predicted molar refractivity (Wildman–Crippen MR) is 316 cm³/mol. The first kappa shape index (κ1) is 61.4.